The van der Waals surface area contributed by atoms with Crippen LogP contribution >= 0.6 is 11.8 Å². The first-order valence-electron chi connectivity index (χ1n) is 10.2. The number of benzene rings is 2. The number of amides is 1. The maximum absolute atomic E-state index is 13.6. The minimum absolute atomic E-state index is 0.0197. The maximum atomic E-state index is 13.6. The van der Waals surface area contributed by atoms with Gasteiger partial charge in [-0.15, -0.1) is 0 Å². The van der Waals surface area contributed by atoms with Crippen LogP contribution in [-0.2, 0) is 22.5 Å². The molecular weight excluding hydrogens is 417 g/mol. The molecule has 0 saturated heterocycles. The van der Waals surface area contributed by atoms with Crippen molar-refractivity contribution in [1.82, 2.24) is 9.55 Å². The van der Waals surface area contributed by atoms with E-state index in [0.717, 1.165) is 24.1 Å². The molecule has 0 saturated carbocycles. The average molecular weight is 442 g/mol. The zero-order valence-corrected chi connectivity index (χ0v) is 18.3. The lowest BCUT2D eigenvalue weighted by Gasteiger charge is -2.35. The molecule has 1 atom stereocenters. The first-order chi connectivity index (χ1) is 15.0. The number of hydrogen-bond donors (Lipinski definition) is 0. The molecule has 0 spiro atoms. The quantitative estimate of drug-likeness (QED) is 0.432. The summed E-state index contributed by atoms with van der Waals surface area (Å²) in [7, 11) is 1.58. The Hall–Kier alpha value is -2.71. The summed E-state index contributed by atoms with van der Waals surface area (Å²) in [5, 5.41) is 1.02. The van der Waals surface area contributed by atoms with E-state index < -0.39 is 0 Å². The molecule has 31 heavy (non-hydrogen) atoms. The van der Waals surface area contributed by atoms with E-state index in [4.69, 9.17) is 4.74 Å². The number of aryl methyl sites for hydroxylation is 1. The van der Waals surface area contributed by atoms with Gasteiger partial charge in [0.05, 0.1) is 29.8 Å². The van der Waals surface area contributed by atoms with E-state index >= 15 is 0 Å². The van der Waals surface area contributed by atoms with Crippen molar-refractivity contribution in [1.29, 1.82) is 0 Å². The second-order valence-electron chi connectivity index (χ2n) is 7.57. The molecule has 1 amide bonds. The Morgan fingerprint density at radius 1 is 1.29 bits per heavy atom. The predicted molar refractivity (Wildman–Crippen MR) is 120 cm³/mol. The first kappa shape index (κ1) is 21.5. The first-order valence-corrected chi connectivity index (χ1v) is 11.2. The fourth-order valence-corrected chi connectivity index (χ4v) is 4.82. The van der Waals surface area contributed by atoms with Gasteiger partial charge in [0.15, 0.2) is 5.16 Å². The number of rotatable bonds is 6. The van der Waals surface area contributed by atoms with Crippen LogP contribution in [0.25, 0.3) is 10.9 Å². The molecule has 8 heteroatoms. The van der Waals surface area contributed by atoms with Gasteiger partial charge >= 0.3 is 0 Å². The van der Waals surface area contributed by atoms with E-state index in [1.807, 2.05) is 13.0 Å². The van der Waals surface area contributed by atoms with Gasteiger partial charge in [-0.2, -0.15) is 0 Å². The van der Waals surface area contributed by atoms with Gasteiger partial charge in [0.2, 0.25) is 5.91 Å². The Morgan fingerprint density at radius 3 is 2.90 bits per heavy atom. The Labute approximate surface area is 184 Å². The number of halogens is 1. The fraction of sp³-hybridized carbons (Fsp3) is 0.348. The molecular formula is C23H24FN3O3S. The van der Waals surface area contributed by atoms with Gasteiger partial charge in [0, 0.05) is 18.8 Å². The topological polar surface area (TPSA) is 64.4 Å². The SMILES string of the molecule is COCCn1c(SCC(=O)N2c3ccc(F)cc3CC[C@H]2C)nc2ccccc2c1=O. The summed E-state index contributed by atoms with van der Waals surface area (Å²) in [6, 6.07) is 11.8. The molecule has 0 fully saturated rings. The van der Waals surface area contributed by atoms with Gasteiger partial charge in [0.1, 0.15) is 5.82 Å². The molecule has 4 rings (SSSR count). The van der Waals surface area contributed by atoms with Crippen LogP contribution in [0.4, 0.5) is 10.1 Å². The second-order valence-corrected chi connectivity index (χ2v) is 8.52. The molecule has 0 unspecified atom stereocenters. The van der Waals surface area contributed by atoms with Gasteiger partial charge in [-0.1, -0.05) is 23.9 Å². The molecule has 3 aromatic rings. The lowest BCUT2D eigenvalue weighted by Crippen LogP contribution is -2.43. The largest absolute Gasteiger partial charge is 0.383 e. The third-order valence-corrected chi connectivity index (χ3v) is 6.47. The minimum Gasteiger partial charge on any atom is -0.383 e. The van der Waals surface area contributed by atoms with E-state index in [0.29, 0.717) is 29.2 Å². The average Bonchev–Trinajstić information content (AvgIpc) is 2.77. The zero-order valence-electron chi connectivity index (χ0n) is 17.5. The zero-order chi connectivity index (χ0) is 22.0. The highest BCUT2D eigenvalue weighted by Gasteiger charge is 2.28. The Kier molecular flexibility index (Phi) is 6.38. The van der Waals surface area contributed by atoms with Crippen LogP contribution in [0.1, 0.15) is 18.9 Å². The van der Waals surface area contributed by atoms with Crippen molar-refractivity contribution in [2.75, 3.05) is 24.4 Å². The van der Waals surface area contributed by atoms with Crippen LogP contribution < -0.4 is 10.5 Å². The van der Waals surface area contributed by atoms with E-state index in [1.165, 1.54) is 23.9 Å². The number of anilines is 1. The molecule has 1 aliphatic rings. The Balaban J connectivity index is 1.62. The maximum Gasteiger partial charge on any atom is 0.262 e. The van der Waals surface area contributed by atoms with E-state index in [9.17, 15) is 14.0 Å². The number of aromatic nitrogens is 2. The molecule has 1 aromatic heterocycles. The molecule has 2 heterocycles. The molecule has 2 aromatic carbocycles. The summed E-state index contributed by atoms with van der Waals surface area (Å²) in [6.07, 6.45) is 1.52. The summed E-state index contributed by atoms with van der Waals surface area (Å²) in [5.74, 6) is -0.262. The number of fused-ring (bicyclic) bond motifs is 2. The smallest absolute Gasteiger partial charge is 0.262 e. The number of hydrogen-bond acceptors (Lipinski definition) is 5. The summed E-state index contributed by atoms with van der Waals surface area (Å²) in [5.41, 5.74) is 2.05. The molecule has 162 valence electrons. The van der Waals surface area contributed by atoms with Crippen LogP contribution in [0.3, 0.4) is 0 Å². The lowest BCUT2D eigenvalue weighted by molar-refractivity contribution is -0.116. The summed E-state index contributed by atoms with van der Waals surface area (Å²) >= 11 is 1.24. The highest BCUT2D eigenvalue weighted by molar-refractivity contribution is 7.99. The van der Waals surface area contributed by atoms with Crippen LogP contribution in [0.5, 0.6) is 0 Å². The van der Waals surface area contributed by atoms with E-state index in [2.05, 4.69) is 4.98 Å². The van der Waals surface area contributed by atoms with E-state index in [1.54, 1.807) is 40.8 Å². The van der Waals surface area contributed by atoms with Crippen molar-refractivity contribution in [3.63, 3.8) is 0 Å². The third-order valence-electron chi connectivity index (χ3n) is 5.51. The van der Waals surface area contributed by atoms with Crippen molar-refractivity contribution in [3.05, 3.63) is 64.2 Å². The molecule has 1 aliphatic heterocycles. The number of carbonyl (C=O) groups is 1. The molecule has 0 radical (unpaired) electrons. The Bertz CT molecular complexity index is 1180. The molecule has 0 bridgehead atoms. The summed E-state index contributed by atoms with van der Waals surface area (Å²) in [6.45, 7) is 2.72. The number of methoxy groups -OCH3 is 1. The van der Waals surface area contributed by atoms with Crippen LogP contribution in [-0.4, -0.2) is 41.0 Å². The minimum atomic E-state index is -0.294. The van der Waals surface area contributed by atoms with Gasteiger partial charge in [-0.25, -0.2) is 9.37 Å². The number of nitrogens with zero attached hydrogens (tertiary/aromatic N) is 3. The predicted octanol–water partition coefficient (Wildman–Crippen LogP) is 3.64. The van der Waals surface area contributed by atoms with Gasteiger partial charge in [-0.05, 0) is 55.7 Å². The summed E-state index contributed by atoms with van der Waals surface area (Å²) < 4.78 is 20.4. The van der Waals surface area contributed by atoms with Crippen LogP contribution in [0.2, 0.25) is 0 Å². The monoisotopic (exact) mass is 441 g/mol. The fourth-order valence-electron chi connectivity index (χ4n) is 3.93. The van der Waals surface area contributed by atoms with Crippen molar-refractivity contribution in [2.24, 2.45) is 0 Å². The summed E-state index contributed by atoms with van der Waals surface area (Å²) in [4.78, 5) is 32.5. The number of thioether (sulfide) groups is 1. The number of carbonyl (C=O) groups excluding carboxylic acids is 1. The highest BCUT2D eigenvalue weighted by atomic mass is 32.2. The van der Waals surface area contributed by atoms with E-state index in [-0.39, 0.29) is 29.1 Å². The Morgan fingerprint density at radius 2 is 2.10 bits per heavy atom. The van der Waals surface area contributed by atoms with Crippen molar-refractivity contribution in [2.45, 2.75) is 37.5 Å². The van der Waals surface area contributed by atoms with Crippen molar-refractivity contribution in [3.8, 4) is 0 Å². The normalized spacial score (nSPS) is 15.8. The molecule has 0 aliphatic carbocycles. The van der Waals surface area contributed by atoms with Crippen LogP contribution in [0.15, 0.2) is 52.4 Å². The van der Waals surface area contributed by atoms with Crippen molar-refractivity contribution >= 4 is 34.3 Å². The van der Waals surface area contributed by atoms with Crippen LogP contribution in [0, 0.1) is 5.82 Å². The lowest BCUT2D eigenvalue weighted by atomic mass is 9.96. The van der Waals surface area contributed by atoms with Gasteiger partial charge < -0.3 is 9.64 Å². The second kappa shape index (κ2) is 9.20. The van der Waals surface area contributed by atoms with Crippen molar-refractivity contribution < 1.29 is 13.9 Å². The highest BCUT2D eigenvalue weighted by Crippen LogP contribution is 2.32. The third kappa shape index (κ3) is 4.36. The number of ether oxygens (including phenoxy) is 1. The van der Waals surface area contributed by atoms with Gasteiger partial charge in [-0.3, -0.25) is 14.2 Å². The molecule has 6 nitrogen and oxygen atoms in total. The standard InChI is InChI=1S/C23H24FN3O3S/c1-15-7-8-16-13-17(24)9-10-20(16)27(15)21(28)14-31-23-25-19-6-4-3-5-18(19)22(29)26(23)11-12-30-2/h3-6,9-10,13,15H,7-8,11-12,14H2,1-2H3/t15-/m1/s1. The number of para-hydroxylation sites is 1. The molecule has 0 N–H and O–H groups in total. The van der Waals surface area contributed by atoms with Gasteiger partial charge in [0.25, 0.3) is 5.56 Å².